The van der Waals surface area contributed by atoms with Gasteiger partial charge in [0.15, 0.2) is 17.8 Å². The summed E-state index contributed by atoms with van der Waals surface area (Å²) < 4.78 is 22.3. The van der Waals surface area contributed by atoms with Crippen LogP contribution in [-0.4, -0.2) is 48.4 Å². The van der Waals surface area contributed by atoms with E-state index in [1.165, 1.54) is 0 Å². The predicted molar refractivity (Wildman–Crippen MR) is 123 cm³/mol. The van der Waals surface area contributed by atoms with Crippen molar-refractivity contribution in [2.24, 2.45) is 0 Å². The first-order chi connectivity index (χ1) is 16.5. The van der Waals surface area contributed by atoms with Gasteiger partial charge in [-0.25, -0.2) is 14.4 Å². The first-order valence-electron chi connectivity index (χ1n) is 10.6. The molecule has 2 unspecified atom stereocenters. The number of esters is 3. The van der Waals surface area contributed by atoms with Crippen molar-refractivity contribution in [3.63, 3.8) is 0 Å². The first kappa shape index (κ1) is 23.5. The number of carbonyl (C=O) groups is 3. The minimum Gasteiger partial charge on any atom is -0.459 e. The van der Waals surface area contributed by atoms with Gasteiger partial charge in [-0.05, 0) is 36.4 Å². The van der Waals surface area contributed by atoms with E-state index in [0.717, 1.165) is 0 Å². The van der Waals surface area contributed by atoms with E-state index >= 15 is 0 Å². The fourth-order valence-electron chi connectivity index (χ4n) is 3.43. The van der Waals surface area contributed by atoms with Gasteiger partial charge >= 0.3 is 17.9 Å². The quantitative estimate of drug-likeness (QED) is 0.283. The number of hydrogen-bond acceptors (Lipinski definition) is 7. The normalized spacial score (nSPS) is 21.4. The van der Waals surface area contributed by atoms with Crippen LogP contribution in [0.3, 0.4) is 0 Å². The Morgan fingerprint density at radius 1 is 0.647 bits per heavy atom. The number of benzene rings is 3. The second-order valence-electron chi connectivity index (χ2n) is 7.46. The SMILES string of the molecule is O=C(OC[C@H]1OC(Cl)C(OC(=O)c2ccccc2)[C@@H]1OC(=O)c1ccccc1)c1ccccc1. The van der Waals surface area contributed by atoms with Crippen LogP contribution in [-0.2, 0) is 18.9 Å². The van der Waals surface area contributed by atoms with Crippen LogP contribution in [0.1, 0.15) is 31.1 Å². The van der Waals surface area contributed by atoms with Gasteiger partial charge in [0.25, 0.3) is 0 Å². The number of alkyl halides is 1. The maximum atomic E-state index is 12.7. The third kappa shape index (κ3) is 5.62. The highest BCUT2D eigenvalue weighted by atomic mass is 35.5. The second-order valence-corrected chi connectivity index (χ2v) is 7.89. The lowest BCUT2D eigenvalue weighted by Crippen LogP contribution is -2.41. The van der Waals surface area contributed by atoms with Gasteiger partial charge in [-0.2, -0.15) is 0 Å². The fraction of sp³-hybridized carbons (Fsp3) is 0.192. The smallest absolute Gasteiger partial charge is 0.338 e. The van der Waals surface area contributed by atoms with Gasteiger partial charge in [0.05, 0.1) is 16.7 Å². The molecule has 1 aliphatic rings. The van der Waals surface area contributed by atoms with E-state index in [2.05, 4.69) is 0 Å². The Bertz CT molecular complexity index is 1120. The van der Waals surface area contributed by atoms with Crippen molar-refractivity contribution in [2.75, 3.05) is 6.61 Å². The average molecular weight is 481 g/mol. The van der Waals surface area contributed by atoms with Crippen molar-refractivity contribution >= 4 is 29.5 Å². The van der Waals surface area contributed by atoms with Crippen molar-refractivity contribution in [2.45, 2.75) is 23.9 Å². The highest BCUT2D eigenvalue weighted by Crippen LogP contribution is 2.31. The van der Waals surface area contributed by atoms with E-state index in [1.54, 1.807) is 91.0 Å². The molecule has 1 heterocycles. The summed E-state index contributed by atoms with van der Waals surface area (Å²) in [5.74, 6) is -1.88. The van der Waals surface area contributed by atoms with Crippen LogP contribution in [0.2, 0.25) is 0 Å². The molecule has 1 aliphatic heterocycles. The zero-order chi connectivity index (χ0) is 23.9. The largest absolute Gasteiger partial charge is 0.459 e. The molecule has 4 atom stereocenters. The number of hydrogen-bond donors (Lipinski definition) is 0. The van der Waals surface area contributed by atoms with E-state index in [9.17, 15) is 14.4 Å². The predicted octanol–water partition coefficient (Wildman–Crippen LogP) is 4.26. The molecule has 8 heteroatoms. The molecule has 0 radical (unpaired) electrons. The van der Waals surface area contributed by atoms with E-state index in [1.807, 2.05) is 0 Å². The molecule has 0 aromatic heterocycles. The second kappa shape index (κ2) is 11.0. The zero-order valence-electron chi connectivity index (χ0n) is 17.9. The standard InChI is InChI=1S/C26H21ClO7/c27-23-22(34-26(30)19-14-8-3-9-15-19)21(33-25(29)18-12-6-2-7-13-18)20(32-23)16-31-24(28)17-10-4-1-5-11-17/h1-15,20-23H,16H2/t20-,21-,22?,23?/m1/s1. The molecular formula is C26H21ClO7. The molecule has 4 rings (SSSR count). The van der Waals surface area contributed by atoms with Crippen LogP contribution in [0.15, 0.2) is 91.0 Å². The van der Waals surface area contributed by atoms with Gasteiger partial charge in [-0.3, -0.25) is 0 Å². The van der Waals surface area contributed by atoms with Crippen molar-refractivity contribution in [1.82, 2.24) is 0 Å². The summed E-state index contributed by atoms with van der Waals surface area (Å²) in [6.07, 6.45) is -3.18. The number of halogens is 1. The lowest BCUT2D eigenvalue weighted by molar-refractivity contribution is -0.0435. The van der Waals surface area contributed by atoms with E-state index in [4.69, 9.17) is 30.5 Å². The van der Waals surface area contributed by atoms with Gasteiger partial charge in [0, 0.05) is 0 Å². The minimum atomic E-state index is -1.12. The van der Waals surface area contributed by atoms with Crippen LogP contribution in [0, 0.1) is 0 Å². The summed E-state index contributed by atoms with van der Waals surface area (Å²) in [5.41, 5.74) is -0.165. The van der Waals surface area contributed by atoms with Crippen LogP contribution >= 0.6 is 11.6 Å². The molecule has 0 spiro atoms. The summed E-state index contributed by atoms with van der Waals surface area (Å²) in [5, 5.41) is 0. The number of rotatable bonds is 7. The molecule has 1 fully saturated rings. The topological polar surface area (TPSA) is 88.1 Å². The maximum Gasteiger partial charge on any atom is 0.338 e. The summed E-state index contributed by atoms with van der Waals surface area (Å²) >= 11 is 6.33. The Morgan fingerprint density at radius 2 is 1.06 bits per heavy atom. The minimum absolute atomic E-state index is 0.261. The monoisotopic (exact) mass is 480 g/mol. The van der Waals surface area contributed by atoms with Gasteiger partial charge in [0.1, 0.15) is 12.7 Å². The lowest BCUT2D eigenvalue weighted by atomic mass is 10.1. The Balaban J connectivity index is 1.51. The zero-order valence-corrected chi connectivity index (χ0v) is 18.7. The summed E-state index contributed by atoms with van der Waals surface area (Å²) in [6, 6.07) is 25.1. The summed E-state index contributed by atoms with van der Waals surface area (Å²) in [4.78, 5) is 37.8. The molecule has 174 valence electrons. The molecule has 0 aliphatic carbocycles. The van der Waals surface area contributed by atoms with Gasteiger partial charge in [0.2, 0.25) is 0 Å². The maximum absolute atomic E-state index is 12.7. The molecule has 0 N–H and O–H groups in total. The van der Waals surface area contributed by atoms with Crippen LogP contribution in [0.4, 0.5) is 0 Å². The molecule has 0 bridgehead atoms. The molecule has 7 nitrogen and oxygen atoms in total. The number of ether oxygens (including phenoxy) is 4. The lowest BCUT2D eigenvalue weighted by Gasteiger charge is -2.23. The van der Waals surface area contributed by atoms with Gasteiger partial charge in [-0.15, -0.1) is 0 Å². The molecule has 34 heavy (non-hydrogen) atoms. The van der Waals surface area contributed by atoms with Crippen LogP contribution in [0.25, 0.3) is 0 Å². The first-order valence-corrected chi connectivity index (χ1v) is 11.0. The fourth-order valence-corrected chi connectivity index (χ4v) is 3.75. The van der Waals surface area contributed by atoms with Crippen molar-refractivity contribution < 1.29 is 33.3 Å². The Hall–Kier alpha value is -3.68. The molecule has 3 aromatic rings. The van der Waals surface area contributed by atoms with Crippen molar-refractivity contribution in [3.05, 3.63) is 108 Å². The highest BCUT2D eigenvalue weighted by molar-refractivity contribution is 6.20. The summed E-state index contributed by atoms with van der Waals surface area (Å²) in [6.45, 7) is -0.261. The Kier molecular flexibility index (Phi) is 7.57. The number of carbonyl (C=O) groups excluding carboxylic acids is 3. The van der Waals surface area contributed by atoms with E-state index in [0.29, 0.717) is 16.7 Å². The highest BCUT2D eigenvalue weighted by Gasteiger charge is 2.49. The Labute approximate surface area is 201 Å². The van der Waals surface area contributed by atoms with Crippen molar-refractivity contribution in [1.29, 1.82) is 0 Å². The van der Waals surface area contributed by atoms with Crippen molar-refractivity contribution in [3.8, 4) is 0 Å². The molecule has 1 saturated heterocycles. The van der Waals surface area contributed by atoms with Crippen LogP contribution in [0.5, 0.6) is 0 Å². The third-order valence-electron chi connectivity index (χ3n) is 5.15. The molecule has 3 aromatic carbocycles. The molecular weight excluding hydrogens is 460 g/mol. The third-order valence-corrected chi connectivity index (χ3v) is 5.50. The Morgan fingerprint density at radius 3 is 1.53 bits per heavy atom. The summed E-state index contributed by atoms with van der Waals surface area (Å²) in [7, 11) is 0. The van der Waals surface area contributed by atoms with Gasteiger partial charge in [-0.1, -0.05) is 66.2 Å². The molecule has 0 saturated carbocycles. The van der Waals surface area contributed by atoms with E-state index < -0.39 is 41.8 Å². The van der Waals surface area contributed by atoms with E-state index in [-0.39, 0.29) is 6.61 Å². The molecule has 0 amide bonds. The average Bonchev–Trinajstić information content (AvgIpc) is 3.17. The van der Waals surface area contributed by atoms with Crippen LogP contribution < -0.4 is 0 Å². The van der Waals surface area contributed by atoms with Gasteiger partial charge < -0.3 is 18.9 Å².